The molecule has 1 aromatic heterocycles. The summed E-state index contributed by atoms with van der Waals surface area (Å²) in [5.41, 5.74) is 4.97. The Morgan fingerprint density at radius 1 is 1.00 bits per heavy atom. The molecule has 7 heteroatoms. The van der Waals surface area contributed by atoms with Crippen LogP contribution < -0.4 is 5.43 Å². The molecule has 0 amide bonds. The number of aromatic amines is 1. The van der Waals surface area contributed by atoms with Gasteiger partial charge in [0, 0.05) is 23.3 Å². The molecule has 3 aromatic rings. The van der Waals surface area contributed by atoms with Gasteiger partial charge in [-0.2, -0.15) is 0 Å². The average molecular weight is 312 g/mol. The number of halogens is 2. The first-order valence-corrected chi connectivity index (χ1v) is 6.76. The molecule has 4 rings (SSSR count). The summed E-state index contributed by atoms with van der Waals surface area (Å²) >= 11 is 0. The summed E-state index contributed by atoms with van der Waals surface area (Å²) in [7, 11) is 0. The normalized spacial score (nSPS) is 13.8. The van der Waals surface area contributed by atoms with Crippen molar-refractivity contribution in [1.82, 2.24) is 15.4 Å². The number of ether oxygens (including phenoxy) is 1. The molecule has 1 aliphatic heterocycles. The highest BCUT2D eigenvalue weighted by Gasteiger charge is 2.14. The van der Waals surface area contributed by atoms with Gasteiger partial charge in [-0.1, -0.05) is 12.1 Å². The summed E-state index contributed by atoms with van der Waals surface area (Å²) in [5, 5.41) is 3.98. The van der Waals surface area contributed by atoms with E-state index in [2.05, 4.69) is 27.1 Å². The molecule has 0 spiro atoms. The van der Waals surface area contributed by atoms with E-state index in [9.17, 15) is 8.78 Å². The smallest absolute Gasteiger partial charge is 0.245 e. The highest BCUT2D eigenvalue weighted by atomic mass is 19.2. The highest BCUT2D eigenvalue weighted by molar-refractivity contribution is 5.96. The standard InChI is InChI=1S/C16H10F2N4O/c1-8-21-22-16(23-8)10-4-2-9(3-5-10)15-19-13-6-11(17)12(18)7-14(13)20-15/h2-7,21H,1H2,(H,19,20). The van der Waals surface area contributed by atoms with Crippen LogP contribution in [0.3, 0.4) is 0 Å². The van der Waals surface area contributed by atoms with E-state index in [1.54, 1.807) is 0 Å². The predicted molar refractivity (Wildman–Crippen MR) is 81.3 cm³/mol. The van der Waals surface area contributed by atoms with Gasteiger partial charge in [0.2, 0.25) is 11.8 Å². The van der Waals surface area contributed by atoms with Crippen molar-refractivity contribution >= 4 is 16.9 Å². The first-order valence-electron chi connectivity index (χ1n) is 6.76. The first-order chi connectivity index (χ1) is 11.1. The number of aromatic nitrogens is 2. The van der Waals surface area contributed by atoms with E-state index in [0.717, 1.165) is 23.3 Å². The fourth-order valence-electron chi connectivity index (χ4n) is 2.31. The van der Waals surface area contributed by atoms with Crippen LogP contribution in [0, 0.1) is 11.6 Å². The fourth-order valence-corrected chi connectivity index (χ4v) is 2.31. The van der Waals surface area contributed by atoms with Gasteiger partial charge in [-0.25, -0.2) is 19.2 Å². The third-order valence-electron chi connectivity index (χ3n) is 3.43. The minimum Gasteiger partial charge on any atom is -0.420 e. The number of hydrogen-bond acceptors (Lipinski definition) is 4. The van der Waals surface area contributed by atoms with Crippen molar-refractivity contribution in [2.24, 2.45) is 5.10 Å². The molecular weight excluding hydrogens is 302 g/mol. The summed E-state index contributed by atoms with van der Waals surface area (Å²) in [6.45, 7) is 3.61. The Hall–Kier alpha value is -3.22. The largest absolute Gasteiger partial charge is 0.420 e. The van der Waals surface area contributed by atoms with Gasteiger partial charge in [0.05, 0.1) is 11.0 Å². The molecule has 0 aliphatic carbocycles. The Morgan fingerprint density at radius 2 is 1.70 bits per heavy atom. The lowest BCUT2D eigenvalue weighted by atomic mass is 10.1. The van der Waals surface area contributed by atoms with Crippen molar-refractivity contribution in [1.29, 1.82) is 0 Å². The van der Waals surface area contributed by atoms with Crippen LogP contribution in [0.4, 0.5) is 8.78 Å². The summed E-state index contributed by atoms with van der Waals surface area (Å²) in [6.07, 6.45) is 0. The second-order valence-electron chi connectivity index (χ2n) is 5.00. The lowest BCUT2D eigenvalue weighted by Gasteiger charge is -2.01. The lowest BCUT2D eigenvalue weighted by Crippen LogP contribution is -2.00. The number of rotatable bonds is 2. The van der Waals surface area contributed by atoms with Crippen LogP contribution in [-0.4, -0.2) is 15.9 Å². The van der Waals surface area contributed by atoms with Gasteiger partial charge in [-0.15, -0.1) is 5.10 Å². The molecule has 5 nitrogen and oxygen atoms in total. The average Bonchev–Trinajstić information content (AvgIpc) is 3.14. The van der Waals surface area contributed by atoms with Crippen molar-refractivity contribution in [3.8, 4) is 11.4 Å². The minimum absolute atomic E-state index is 0.366. The van der Waals surface area contributed by atoms with Gasteiger partial charge in [0.15, 0.2) is 11.6 Å². The van der Waals surface area contributed by atoms with E-state index in [4.69, 9.17) is 4.74 Å². The number of hydrogen-bond donors (Lipinski definition) is 2. The van der Waals surface area contributed by atoms with Crippen LogP contribution in [-0.2, 0) is 4.74 Å². The molecule has 0 radical (unpaired) electrons. The molecule has 2 aromatic carbocycles. The van der Waals surface area contributed by atoms with Crippen molar-refractivity contribution < 1.29 is 13.5 Å². The summed E-state index contributed by atoms with van der Waals surface area (Å²) < 4.78 is 31.8. The zero-order valence-electron chi connectivity index (χ0n) is 11.7. The Morgan fingerprint density at radius 3 is 2.39 bits per heavy atom. The number of fused-ring (bicyclic) bond motifs is 1. The molecule has 2 heterocycles. The Bertz CT molecular complexity index is 921. The Labute approximate surface area is 129 Å². The first kappa shape index (κ1) is 13.4. The summed E-state index contributed by atoms with van der Waals surface area (Å²) in [4.78, 5) is 7.24. The second-order valence-corrected chi connectivity index (χ2v) is 5.00. The molecule has 1 aliphatic rings. The van der Waals surface area contributed by atoms with Gasteiger partial charge >= 0.3 is 0 Å². The third-order valence-corrected chi connectivity index (χ3v) is 3.43. The van der Waals surface area contributed by atoms with Crippen LogP contribution >= 0.6 is 0 Å². The van der Waals surface area contributed by atoms with Crippen LogP contribution in [0.5, 0.6) is 0 Å². The summed E-state index contributed by atoms with van der Waals surface area (Å²) in [5.74, 6) is -0.517. The van der Waals surface area contributed by atoms with E-state index >= 15 is 0 Å². The number of benzene rings is 2. The molecule has 0 bridgehead atoms. The monoisotopic (exact) mass is 312 g/mol. The molecule has 0 fully saturated rings. The zero-order chi connectivity index (χ0) is 16.0. The van der Waals surface area contributed by atoms with E-state index < -0.39 is 11.6 Å². The highest BCUT2D eigenvalue weighted by Crippen LogP contribution is 2.23. The Balaban J connectivity index is 1.69. The van der Waals surface area contributed by atoms with Gasteiger partial charge < -0.3 is 9.72 Å². The maximum absolute atomic E-state index is 13.3. The van der Waals surface area contributed by atoms with Crippen molar-refractivity contribution in [3.63, 3.8) is 0 Å². The number of nitrogens with one attached hydrogen (secondary N) is 2. The minimum atomic E-state index is -0.921. The van der Waals surface area contributed by atoms with Gasteiger partial charge in [0.25, 0.3) is 0 Å². The Kier molecular flexibility index (Phi) is 2.87. The van der Waals surface area contributed by atoms with Crippen LogP contribution in [0.25, 0.3) is 22.4 Å². The molecule has 0 saturated carbocycles. The van der Waals surface area contributed by atoms with E-state index in [-0.39, 0.29) is 0 Å². The molecule has 0 saturated heterocycles. The van der Waals surface area contributed by atoms with Gasteiger partial charge in [0.1, 0.15) is 5.82 Å². The fraction of sp³-hybridized carbons (Fsp3) is 0. The molecule has 0 atom stereocenters. The SMILES string of the molecule is C=C1NN=C(c2ccc(-c3nc4cc(F)c(F)cc4[nH]3)cc2)O1. The van der Waals surface area contributed by atoms with Crippen LogP contribution in [0.15, 0.2) is 54.0 Å². The lowest BCUT2D eigenvalue weighted by molar-refractivity contribution is 0.420. The molecule has 2 N–H and O–H groups in total. The van der Waals surface area contributed by atoms with Gasteiger partial charge in [-0.3, -0.25) is 0 Å². The van der Waals surface area contributed by atoms with Crippen molar-refractivity contribution in [3.05, 3.63) is 66.1 Å². The number of nitrogens with zero attached hydrogens (tertiary/aromatic N) is 2. The zero-order valence-corrected chi connectivity index (χ0v) is 11.7. The maximum Gasteiger partial charge on any atom is 0.245 e. The van der Waals surface area contributed by atoms with Crippen molar-refractivity contribution in [2.75, 3.05) is 0 Å². The second kappa shape index (κ2) is 4.91. The maximum atomic E-state index is 13.3. The molecule has 23 heavy (non-hydrogen) atoms. The van der Waals surface area contributed by atoms with Gasteiger partial charge in [-0.05, 0) is 18.7 Å². The molecule has 0 unspecified atom stereocenters. The number of imidazole rings is 1. The number of H-pyrrole nitrogens is 1. The predicted octanol–water partition coefficient (Wildman–Crippen LogP) is 3.26. The molecular formula is C16H10F2N4O. The third kappa shape index (κ3) is 2.32. The van der Waals surface area contributed by atoms with Crippen LogP contribution in [0.2, 0.25) is 0 Å². The van der Waals surface area contributed by atoms with E-state index in [1.165, 1.54) is 0 Å². The molecule has 114 valence electrons. The topological polar surface area (TPSA) is 62.3 Å². The number of hydrazone groups is 1. The van der Waals surface area contributed by atoms with Crippen molar-refractivity contribution in [2.45, 2.75) is 0 Å². The summed E-state index contributed by atoms with van der Waals surface area (Å²) in [6, 6.07) is 9.40. The van der Waals surface area contributed by atoms with Crippen LogP contribution in [0.1, 0.15) is 5.56 Å². The van der Waals surface area contributed by atoms with E-state index in [0.29, 0.717) is 28.6 Å². The quantitative estimate of drug-likeness (QED) is 0.763. The van der Waals surface area contributed by atoms with E-state index in [1.807, 2.05) is 24.3 Å².